The van der Waals surface area contributed by atoms with Gasteiger partial charge in [0, 0.05) is 43.2 Å². The first kappa shape index (κ1) is 38.0. The van der Waals surface area contributed by atoms with Crippen molar-refractivity contribution in [2.24, 2.45) is 5.73 Å². The maximum Gasteiger partial charge on any atom is 0.296 e. The number of Topliss-reactive ketones (excluding diaryl/α,β-unsaturated/α-hetero) is 3. The minimum absolute atomic E-state index is 0.109. The number of aryl methyl sites for hydroxylation is 2. The number of carbonyl (C=O) groups is 5. The maximum atomic E-state index is 13.2. The van der Waals surface area contributed by atoms with Crippen molar-refractivity contribution in [1.29, 1.82) is 0 Å². The van der Waals surface area contributed by atoms with Crippen LogP contribution in [0.25, 0.3) is 21.8 Å². The fourth-order valence-electron chi connectivity index (χ4n) is 5.94. The van der Waals surface area contributed by atoms with Crippen LogP contribution in [0.5, 0.6) is 0 Å². The normalized spacial score (nSPS) is 14.7. The lowest BCUT2D eigenvalue weighted by Gasteiger charge is -2.19. The lowest BCUT2D eigenvalue weighted by molar-refractivity contribution is -0.129. The van der Waals surface area contributed by atoms with Crippen molar-refractivity contribution >= 4 is 62.3 Å². The van der Waals surface area contributed by atoms with Crippen LogP contribution in [-0.2, 0) is 14.4 Å². The van der Waals surface area contributed by atoms with Gasteiger partial charge < -0.3 is 25.8 Å². The van der Waals surface area contributed by atoms with Gasteiger partial charge in [0.15, 0.2) is 0 Å². The minimum Gasteiger partial charge on any atom is -0.329 e. The van der Waals surface area contributed by atoms with E-state index >= 15 is 0 Å². The van der Waals surface area contributed by atoms with Crippen molar-refractivity contribution < 1.29 is 24.0 Å². The number of anilines is 2. The summed E-state index contributed by atoms with van der Waals surface area (Å²) in [6, 6.07) is 17.5. The number of amides is 2. The summed E-state index contributed by atoms with van der Waals surface area (Å²) in [4.78, 5) is 67.0. The van der Waals surface area contributed by atoms with E-state index in [9.17, 15) is 24.0 Å². The topological polar surface area (TPSA) is 146 Å². The van der Waals surface area contributed by atoms with Gasteiger partial charge in [-0.1, -0.05) is 29.3 Å². The molecule has 2 amide bonds. The van der Waals surface area contributed by atoms with E-state index in [0.717, 1.165) is 83.2 Å². The van der Waals surface area contributed by atoms with E-state index in [2.05, 4.69) is 42.2 Å². The van der Waals surface area contributed by atoms with Gasteiger partial charge in [-0.25, -0.2) is 4.98 Å². The van der Waals surface area contributed by atoms with Crippen LogP contribution in [0.1, 0.15) is 63.9 Å². The predicted molar refractivity (Wildman–Crippen MR) is 199 cm³/mol. The molecule has 0 unspecified atom stereocenters. The van der Waals surface area contributed by atoms with E-state index in [0.29, 0.717) is 24.1 Å². The lowest BCUT2D eigenvalue weighted by Crippen LogP contribution is -2.30. The number of rotatable bonds is 6. The van der Waals surface area contributed by atoms with Crippen LogP contribution in [0.15, 0.2) is 54.6 Å². The van der Waals surface area contributed by atoms with Crippen LogP contribution in [0.3, 0.4) is 0 Å². The molecule has 3 N–H and O–H groups in total. The average molecular weight is 681 g/mol. The smallest absolute Gasteiger partial charge is 0.296 e. The molecule has 1 aliphatic carbocycles. The Bertz CT molecular complexity index is 1900. The van der Waals surface area contributed by atoms with Crippen LogP contribution in [0.2, 0.25) is 0 Å². The largest absolute Gasteiger partial charge is 0.329 e. The molecule has 3 aromatic carbocycles. The number of fused-ring (bicyclic) bond motifs is 3. The third-order valence-electron chi connectivity index (χ3n) is 8.43. The second kappa shape index (κ2) is 17.2. The monoisotopic (exact) mass is 680 g/mol. The summed E-state index contributed by atoms with van der Waals surface area (Å²) < 4.78 is 0. The average Bonchev–Trinajstić information content (AvgIpc) is 3.50. The number of ketones is 3. The van der Waals surface area contributed by atoms with Gasteiger partial charge in [-0.2, -0.15) is 0 Å². The number of likely N-dealkylation sites (N-methyl/N-ethyl adjacent to an activating group) is 1. The predicted octanol–water partition coefficient (Wildman–Crippen LogP) is 4.94. The zero-order valence-corrected chi connectivity index (χ0v) is 30.0. The van der Waals surface area contributed by atoms with E-state index in [1.165, 1.54) is 0 Å². The highest BCUT2D eigenvalue weighted by atomic mass is 16.2. The molecular weight excluding hydrogens is 632 g/mol. The second-order valence-corrected chi connectivity index (χ2v) is 13.3. The molecule has 2 aliphatic heterocycles. The van der Waals surface area contributed by atoms with Crippen LogP contribution >= 0.6 is 0 Å². The molecule has 7 rings (SSSR count). The van der Waals surface area contributed by atoms with E-state index in [-0.39, 0.29) is 23.9 Å². The van der Waals surface area contributed by atoms with Crippen molar-refractivity contribution in [3.05, 3.63) is 76.9 Å². The van der Waals surface area contributed by atoms with E-state index in [1.807, 2.05) is 62.3 Å². The molecule has 264 valence electrons. The van der Waals surface area contributed by atoms with Crippen LogP contribution < -0.4 is 16.0 Å². The molecule has 1 aromatic heterocycles. The zero-order valence-electron chi connectivity index (χ0n) is 30.0. The van der Waals surface area contributed by atoms with Gasteiger partial charge >= 0.3 is 0 Å². The Hall–Kier alpha value is -4.84. The molecule has 0 atom stereocenters. The van der Waals surface area contributed by atoms with E-state index in [4.69, 9.17) is 10.7 Å². The van der Waals surface area contributed by atoms with E-state index < -0.39 is 11.7 Å². The Kier molecular flexibility index (Phi) is 13.1. The first-order chi connectivity index (χ1) is 23.8. The van der Waals surface area contributed by atoms with Gasteiger partial charge in [-0.05, 0) is 97.8 Å². The third-order valence-corrected chi connectivity index (χ3v) is 8.43. The molecule has 11 nitrogen and oxygen atoms in total. The number of nitrogens with one attached hydrogen (secondary N) is 1. The number of nitrogens with two attached hydrogens (primary N) is 1. The first-order valence-electron chi connectivity index (χ1n) is 16.9. The first-order valence-corrected chi connectivity index (χ1v) is 16.9. The summed E-state index contributed by atoms with van der Waals surface area (Å²) in [7, 11) is 8.13. The minimum atomic E-state index is -0.532. The number of carbonyl (C=O) groups excluding carboxylic acids is 5. The Morgan fingerprint density at radius 3 is 2.08 bits per heavy atom. The summed E-state index contributed by atoms with van der Waals surface area (Å²) in [5, 5.41) is 4.46. The highest BCUT2D eigenvalue weighted by Crippen LogP contribution is 2.40. The van der Waals surface area contributed by atoms with Gasteiger partial charge in [0.1, 0.15) is 11.6 Å². The Labute approximate surface area is 293 Å². The highest BCUT2D eigenvalue weighted by molar-refractivity contribution is 6.51. The fraction of sp³-hybridized carbons (Fsp3) is 0.385. The molecule has 50 heavy (non-hydrogen) atoms. The van der Waals surface area contributed by atoms with Gasteiger partial charge in [0.05, 0.1) is 40.0 Å². The molecular formula is C39H48N6O5. The maximum absolute atomic E-state index is 13.2. The van der Waals surface area contributed by atoms with Crippen molar-refractivity contribution in [3.8, 4) is 0 Å². The molecule has 4 aromatic rings. The van der Waals surface area contributed by atoms with Crippen molar-refractivity contribution in [1.82, 2.24) is 14.8 Å². The summed E-state index contributed by atoms with van der Waals surface area (Å²) in [5.41, 5.74) is 12.0. The van der Waals surface area contributed by atoms with Crippen LogP contribution in [-0.4, -0.2) is 98.3 Å². The zero-order chi connectivity index (χ0) is 36.5. The Balaban J connectivity index is 0.000000179. The van der Waals surface area contributed by atoms with Crippen LogP contribution in [0.4, 0.5) is 11.4 Å². The molecule has 0 saturated heterocycles. The van der Waals surface area contributed by atoms with Crippen LogP contribution in [0, 0.1) is 13.8 Å². The fourth-order valence-corrected chi connectivity index (χ4v) is 5.94. The molecule has 1 fully saturated rings. The van der Waals surface area contributed by atoms with Gasteiger partial charge in [0.2, 0.25) is 0 Å². The summed E-state index contributed by atoms with van der Waals surface area (Å²) in [6.45, 7) is 7.38. The summed E-state index contributed by atoms with van der Waals surface area (Å²) in [6.07, 6.45) is 3.16. The highest BCUT2D eigenvalue weighted by Gasteiger charge is 2.32. The molecule has 3 heterocycles. The molecule has 1 saturated carbocycles. The molecule has 0 spiro atoms. The molecule has 11 heteroatoms. The molecule has 3 aliphatic rings. The second-order valence-electron chi connectivity index (χ2n) is 13.3. The van der Waals surface area contributed by atoms with Crippen molar-refractivity contribution in [2.45, 2.75) is 46.0 Å². The number of nitrogens with zero attached hydrogens (tertiary/aromatic N) is 4. The number of pyridine rings is 1. The number of benzene rings is 3. The Morgan fingerprint density at radius 2 is 1.48 bits per heavy atom. The third kappa shape index (κ3) is 9.44. The van der Waals surface area contributed by atoms with Gasteiger partial charge in [-0.3, -0.25) is 24.0 Å². The van der Waals surface area contributed by atoms with Gasteiger partial charge in [0.25, 0.3) is 17.6 Å². The standard InChI is InChI=1S/C20H21N3O.C9H7NO2.C6H8O2.C4H12N2/c1-13-8-9-15-14(12-13)18-19-16(21-15)6-4-7-17(19)23(20(18)24)11-5-10-22(2)3;1-5-2-3-7-6(4-5)8(11)9(12)10-7;7-5-2-1-3-6(8)4-5;1-6(2)4-3-5/h4,6-9,12H,5,10-11H2,1-3H3;2-4H,1H3,(H,10,11,12);1-4H2;3-5H2,1-2H3. The number of aromatic nitrogens is 1. The molecule has 0 radical (unpaired) electrons. The van der Waals surface area contributed by atoms with Gasteiger partial charge in [-0.15, -0.1) is 0 Å². The van der Waals surface area contributed by atoms with Crippen molar-refractivity contribution in [2.75, 3.05) is 64.6 Å². The SMILES string of the molecule is CN(C)CCN.Cc1ccc2c(c1)C(=O)C(=O)N2.Cc1ccc2nc3cccc4c3c(c2c1)C(=O)N4CCCN(C)C.O=C1CCCC(=O)C1. The Morgan fingerprint density at radius 1 is 0.820 bits per heavy atom. The summed E-state index contributed by atoms with van der Waals surface area (Å²) >= 11 is 0. The van der Waals surface area contributed by atoms with E-state index in [1.54, 1.807) is 12.1 Å². The number of hydrogen-bond donors (Lipinski definition) is 2. The summed E-state index contributed by atoms with van der Waals surface area (Å²) in [5.74, 6) is -0.634. The molecule has 0 bridgehead atoms. The lowest BCUT2D eigenvalue weighted by atomic mass is 9.98. The van der Waals surface area contributed by atoms with Crippen molar-refractivity contribution in [3.63, 3.8) is 0 Å². The quantitative estimate of drug-likeness (QED) is 0.164. The number of hydrogen-bond acceptors (Lipinski definition) is 9.